The number of amidine groups is 1. The average molecular weight is 204 g/mol. The molecule has 15 heavy (non-hydrogen) atoms. The van der Waals surface area contributed by atoms with Gasteiger partial charge >= 0.3 is 0 Å². The second-order valence-electron chi connectivity index (χ2n) is 3.89. The molecular weight excluding hydrogens is 188 g/mol. The van der Waals surface area contributed by atoms with Gasteiger partial charge in [0.05, 0.1) is 12.6 Å². The maximum Gasteiger partial charge on any atom is 0.131 e. The number of hydrogen-bond donors (Lipinski definition) is 1. The molecule has 0 saturated heterocycles. The van der Waals surface area contributed by atoms with Gasteiger partial charge in [0.2, 0.25) is 0 Å². The summed E-state index contributed by atoms with van der Waals surface area (Å²) in [5.41, 5.74) is 2.00. The summed E-state index contributed by atoms with van der Waals surface area (Å²) in [7, 11) is 2.03. The number of benzene rings is 1. The second-order valence-corrected chi connectivity index (χ2v) is 3.89. The molecule has 1 unspecified atom stereocenters. The highest BCUT2D eigenvalue weighted by molar-refractivity contribution is 6.00. The number of aliphatic hydroxyl groups is 1. The van der Waals surface area contributed by atoms with Crippen molar-refractivity contribution in [1.29, 1.82) is 0 Å². The lowest BCUT2D eigenvalue weighted by molar-refractivity contribution is 0.199. The van der Waals surface area contributed by atoms with Crippen molar-refractivity contribution in [1.82, 2.24) is 4.90 Å². The van der Waals surface area contributed by atoms with Gasteiger partial charge in [0.15, 0.2) is 0 Å². The molecule has 0 fully saturated rings. The largest absolute Gasteiger partial charge is 0.389 e. The molecule has 1 N–H and O–H groups in total. The van der Waals surface area contributed by atoms with E-state index in [1.807, 2.05) is 31.3 Å². The first-order valence-corrected chi connectivity index (χ1v) is 5.23. The third-order valence-electron chi connectivity index (χ3n) is 2.71. The fourth-order valence-corrected chi connectivity index (χ4v) is 1.89. The van der Waals surface area contributed by atoms with Gasteiger partial charge in [0.1, 0.15) is 5.84 Å². The van der Waals surface area contributed by atoms with Crippen LogP contribution in [0.5, 0.6) is 0 Å². The van der Waals surface area contributed by atoms with Gasteiger partial charge in [-0.05, 0) is 12.5 Å². The standard InChI is InChI=1S/C12H16N2O/c1-9(15)10-5-3-4-6-11(10)12-13-7-8-14(12)2/h3-6,9,15H,7-8H2,1-2H3. The first kappa shape index (κ1) is 10.2. The minimum atomic E-state index is -0.446. The Balaban J connectivity index is 2.43. The van der Waals surface area contributed by atoms with Crippen molar-refractivity contribution in [3.05, 3.63) is 35.4 Å². The van der Waals surface area contributed by atoms with Crippen LogP contribution in [0.15, 0.2) is 29.3 Å². The van der Waals surface area contributed by atoms with Crippen LogP contribution in [0.3, 0.4) is 0 Å². The molecule has 2 rings (SSSR count). The van der Waals surface area contributed by atoms with E-state index in [4.69, 9.17) is 0 Å². The molecule has 0 radical (unpaired) electrons. The minimum absolute atomic E-state index is 0.446. The Labute approximate surface area is 90.1 Å². The number of nitrogens with zero attached hydrogens (tertiary/aromatic N) is 2. The molecule has 0 amide bonds. The van der Waals surface area contributed by atoms with Crippen LogP contribution in [0.2, 0.25) is 0 Å². The fraction of sp³-hybridized carbons (Fsp3) is 0.417. The third kappa shape index (κ3) is 1.88. The maximum absolute atomic E-state index is 9.68. The van der Waals surface area contributed by atoms with E-state index in [0.29, 0.717) is 0 Å². The van der Waals surface area contributed by atoms with Crippen LogP contribution in [0, 0.1) is 0 Å². The number of likely N-dealkylation sites (N-methyl/N-ethyl adjacent to an activating group) is 1. The van der Waals surface area contributed by atoms with Gasteiger partial charge in [-0.25, -0.2) is 0 Å². The Morgan fingerprint density at radius 3 is 2.73 bits per heavy atom. The topological polar surface area (TPSA) is 35.8 Å². The predicted octanol–water partition coefficient (Wildman–Crippen LogP) is 1.43. The van der Waals surface area contributed by atoms with E-state index in [2.05, 4.69) is 9.89 Å². The van der Waals surface area contributed by atoms with E-state index in [-0.39, 0.29) is 0 Å². The van der Waals surface area contributed by atoms with Crippen LogP contribution in [-0.2, 0) is 0 Å². The summed E-state index contributed by atoms with van der Waals surface area (Å²) < 4.78 is 0. The second kappa shape index (κ2) is 4.03. The Morgan fingerprint density at radius 1 is 1.40 bits per heavy atom. The lowest BCUT2D eigenvalue weighted by atomic mass is 10.0. The monoisotopic (exact) mass is 204 g/mol. The number of aliphatic imine (C=N–C) groups is 1. The maximum atomic E-state index is 9.68. The molecule has 0 aliphatic carbocycles. The molecular formula is C12H16N2O. The van der Waals surface area contributed by atoms with Crippen molar-refractivity contribution in [2.24, 2.45) is 4.99 Å². The van der Waals surface area contributed by atoms with Crippen LogP contribution in [0.1, 0.15) is 24.2 Å². The zero-order valence-corrected chi connectivity index (χ0v) is 9.14. The zero-order valence-electron chi connectivity index (χ0n) is 9.14. The van der Waals surface area contributed by atoms with E-state index < -0.39 is 6.10 Å². The SMILES string of the molecule is CC(O)c1ccccc1C1=NCCN1C. The number of aliphatic hydroxyl groups excluding tert-OH is 1. The molecule has 0 saturated carbocycles. The highest BCUT2D eigenvalue weighted by Crippen LogP contribution is 2.20. The lowest BCUT2D eigenvalue weighted by Gasteiger charge is -2.18. The van der Waals surface area contributed by atoms with E-state index >= 15 is 0 Å². The summed E-state index contributed by atoms with van der Waals surface area (Å²) in [5.74, 6) is 0.992. The molecule has 1 aliphatic heterocycles. The van der Waals surface area contributed by atoms with Crippen LogP contribution in [0.4, 0.5) is 0 Å². The molecule has 1 aliphatic rings. The molecule has 3 nitrogen and oxygen atoms in total. The van der Waals surface area contributed by atoms with Crippen LogP contribution >= 0.6 is 0 Å². The summed E-state index contributed by atoms with van der Waals surface area (Å²) in [5, 5.41) is 9.68. The van der Waals surface area contributed by atoms with Gasteiger partial charge in [0.25, 0.3) is 0 Å². The van der Waals surface area contributed by atoms with Gasteiger partial charge in [-0.3, -0.25) is 4.99 Å². The van der Waals surface area contributed by atoms with Crippen molar-refractivity contribution in [2.75, 3.05) is 20.1 Å². The fourth-order valence-electron chi connectivity index (χ4n) is 1.89. The minimum Gasteiger partial charge on any atom is -0.389 e. The molecule has 1 heterocycles. The highest BCUT2D eigenvalue weighted by Gasteiger charge is 2.18. The van der Waals surface area contributed by atoms with Gasteiger partial charge < -0.3 is 10.0 Å². The molecule has 0 bridgehead atoms. The quantitative estimate of drug-likeness (QED) is 0.791. The third-order valence-corrected chi connectivity index (χ3v) is 2.71. The van der Waals surface area contributed by atoms with Gasteiger partial charge in [-0.1, -0.05) is 24.3 Å². The Hall–Kier alpha value is -1.35. The van der Waals surface area contributed by atoms with Crippen molar-refractivity contribution >= 4 is 5.84 Å². The Morgan fingerprint density at radius 2 is 2.13 bits per heavy atom. The summed E-state index contributed by atoms with van der Waals surface area (Å²) in [6, 6.07) is 7.90. The van der Waals surface area contributed by atoms with Gasteiger partial charge in [-0.15, -0.1) is 0 Å². The first-order chi connectivity index (χ1) is 7.20. The molecule has 0 spiro atoms. The molecule has 1 atom stereocenters. The van der Waals surface area contributed by atoms with Crippen LogP contribution in [0.25, 0.3) is 0 Å². The smallest absolute Gasteiger partial charge is 0.131 e. The van der Waals surface area contributed by atoms with Crippen molar-refractivity contribution in [3.63, 3.8) is 0 Å². The van der Waals surface area contributed by atoms with Gasteiger partial charge in [-0.2, -0.15) is 0 Å². The normalized spacial score (nSPS) is 17.8. The predicted molar refractivity (Wildman–Crippen MR) is 61.1 cm³/mol. The molecule has 1 aromatic rings. The van der Waals surface area contributed by atoms with E-state index in [9.17, 15) is 5.11 Å². The molecule has 80 valence electrons. The molecule has 1 aromatic carbocycles. The zero-order chi connectivity index (χ0) is 10.8. The summed E-state index contributed by atoms with van der Waals surface area (Å²) in [6.45, 7) is 3.60. The summed E-state index contributed by atoms with van der Waals surface area (Å²) in [6.07, 6.45) is -0.446. The Bertz CT molecular complexity index is 385. The Kier molecular flexibility index (Phi) is 2.73. The average Bonchev–Trinajstić information content (AvgIpc) is 2.64. The number of rotatable bonds is 2. The van der Waals surface area contributed by atoms with Crippen molar-refractivity contribution in [2.45, 2.75) is 13.0 Å². The van der Waals surface area contributed by atoms with E-state index in [1.165, 1.54) is 0 Å². The van der Waals surface area contributed by atoms with Gasteiger partial charge in [0, 0.05) is 19.2 Å². The summed E-state index contributed by atoms with van der Waals surface area (Å²) in [4.78, 5) is 6.59. The first-order valence-electron chi connectivity index (χ1n) is 5.23. The van der Waals surface area contributed by atoms with Crippen LogP contribution < -0.4 is 0 Å². The number of hydrogen-bond acceptors (Lipinski definition) is 3. The molecule has 3 heteroatoms. The van der Waals surface area contributed by atoms with Crippen LogP contribution in [-0.4, -0.2) is 36.0 Å². The summed E-state index contributed by atoms with van der Waals surface area (Å²) >= 11 is 0. The lowest BCUT2D eigenvalue weighted by Crippen LogP contribution is -2.24. The van der Waals surface area contributed by atoms with E-state index in [1.54, 1.807) is 6.92 Å². The molecule has 0 aromatic heterocycles. The van der Waals surface area contributed by atoms with Crippen molar-refractivity contribution < 1.29 is 5.11 Å². The van der Waals surface area contributed by atoms with Crippen molar-refractivity contribution in [3.8, 4) is 0 Å². The highest BCUT2D eigenvalue weighted by atomic mass is 16.3. The van der Waals surface area contributed by atoms with E-state index in [0.717, 1.165) is 30.1 Å².